The summed E-state index contributed by atoms with van der Waals surface area (Å²) >= 11 is 0. The highest BCUT2D eigenvalue weighted by atomic mass is 15.6. The van der Waals surface area contributed by atoms with E-state index in [-0.39, 0.29) is 0 Å². The number of hydrogen-bond acceptors (Lipinski definition) is 3. The molecular formula is C15H15N3. The molecule has 0 saturated heterocycles. The van der Waals surface area contributed by atoms with Crippen LogP contribution in [0.25, 0.3) is 0 Å². The minimum absolute atomic E-state index is 0.837. The van der Waals surface area contributed by atoms with Crippen LogP contribution in [0.2, 0.25) is 0 Å². The summed E-state index contributed by atoms with van der Waals surface area (Å²) in [7, 11) is 0. The fraction of sp³-hybridized carbons (Fsp3) is 0.0667. The molecule has 0 radical (unpaired) electrons. The Balaban J connectivity index is 1.80. The second-order valence-electron chi connectivity index (χ2n) is 4.11. The molecule has 2 aromatic rings. The van der Waals surface area contributed by atoms with E-state index in [4.69, 9.17) is 0 Å². The van der Waals surface area contributed by atoms with Crippen molar-refractivity contribution >= 4 is 11.4 Å². The van der Waals surface area contributed by atoms with Crippen LogP contribution in [0.4, 0.5) is 11.4 Å². The van der Waals surface area contributed by atoms with Crippen LogP contribution in [0, 0.1) is 0 Å². The minimum Gasteiger partial charge on any atom is -0.341 e. The summed E-state index contributed by atoms with van der Waals surface area (Å²) in [4.78, 5) is 0. The largest absolute Gasteiger partial charge is 0.341 e. The lowest BCUT2D eigenvalue weighted by atomic mass is 10.3. The number of benzene rings is 2. The van der Waals surface area contributed by atoms with Crippen molar-refractivity contribution in [3.63, 3.8) is 0 Å². The molecule has 0 saturated carbocycles. The van der Waals surface area contributed by atoms with Gasteiger partial charge in [-0.05, 0) is 30.3 Å². The highest BCUT2D eigenvalue weighted by Crippen LogP contribution is 2.20. The molecule has 90 valence electrons. The van der Waals surface area contributed by atoms with Gasteiger partial charge in [-0.1, -0.05) is 36.4 Å². The normalized spacial score (nSPS) is 14.4. The van der Waals surface area contributed by atoms with Crippen molar-refractivity contribution in [1.29, 1.82) is 0 Å². The number of hydrazine groups is 1. The van der Waals surface area contributed by atoms with E-state index in [2.05, 4.69) is 46.1 Å². The lowest BCUT2D eigenvalue weighted by Gasteiger charge is -2.23. The van der Waals surface area contributed by atoms with E-state index < -0.39 is 0 Å². The van der Waals surface area contributed by atoms with E-state index >= 15 is 0 Å². The van der Waals surface area contributed by atoms with Gasteiger partial charge in [-0.2, -0.15) is 0 Å². The number of para-hydroxylation sites is 2. The third kappa shape index (κ3) is 2.21. The maximum atomic E-state index is 3.41. The lowest BCUT2D eigenvalue weighted by Crippen LogP contribution is -2.34. The molecule has 0 amide bonds. The zero-order chi connectivity index (χ0) is 12.2. The summed E-state index contributed by atoms with van der Waals surface area (Å²) in [5.74, 6) is 1.06. The van der Waals surface area contributed by atoms with Crippen molar-refractivity contribution in [3.05, 3.63) is 72.6 Å². The Kier molecular flexibility index (Phi) is 2.98. The van der Waals surface area contributed by atoms with Gasteiger partial charge in [0.25, 0.3) is 0 Å². The van der Waals surface area contributed by atoms with Crippen LogP contribution < -0.4 is 15.8 Å². The van der Waals surface area contributed by atoms with Crippen LogP contribution in [0.5, 0.6) is 0 Å². The van der Waals surface area contributed by atoms with Gasteiger partial charge in [0, 0.05) is 12.2 Å². The van der Waals surface area contributed by atoms with Crippen molar-refractivity contribution < 1.29 is 0 Å². The predicted molar refractivity (Wildman–Crippen MR) is 75.1 cm³/mol. The Morgan fingerprint density at radius 2 is 1.56 bits per heavy atom. The predicted octanol–water partition coefficient (Wildman–Crippen LogP) is 2.96. The van der Waals surface area contributed by atoms with Gasteiger partial charge in [-0.25, -0.2) is 5.43 Å². The number of rotatable bonds is 3. The van der Waals surface area contributed by atoms with Crippen molar-refractivity contribution in [1.82, 2.24) is 5.43 Å². The van der Waals surface area contributed by atoms with Gasteiger partial charge in [-0.15, -0.1) is 0 Å². The van der Waals surface area contributed by atoms with Crippen molar-refractivity contribution in [2.45, 2.75) is 0 Å². The molecule has 1 heterocycles. The van der Waals surface area contributed by atoms with Crippen LogP contribution in [-0.2, 0) is 0 Å². The maximum Gasteiger partial charge on any atom is 0.122 e. The SMILES string of the molecule is C1=C(Nc2ccccc2)N(c2ccccc2)NC1. The van der Waals surface area contributed by atoms with Gasteiger partial charge in [-0.3, -0.25) is 5.01 Å². The number of anilines is 2. The first-order valence-corrected chi connectivity index (χ1v) is 6.04. The van der Waals surface area contributed by atoms with Crippen LogP contribution in [0.3, 0.4) is 0 Å². The molecule has 0 spiro atoms. The summed E-state index contributed by atoms with van der Waals surface area (Å²) in [6.07, 6.45) is 2.14. The summed E-state index contributed by atoms with van der Waals surface area (Å²) in [6, 6.07) is 20.4. The highest BCUT2D eigenvalue weighted by molar-refractivity contribution is 5.58. The molecule has 3 rings (SSSR count). The lowest BCUT2D eigenvalue weighted by molar-refractivity contribution is 0.794. The Labute approximate surface area is 107 Å². The highest BCUT2D eigenvalue weighted by Gasteiger charge is 2.15. The molecule has 0 unspecified atom stereocenters. The number of nitrogens with zero attached hydrogens (tertiary/aromatic N) is 1. The molecule has 0 atom stereocenters. The molecule has 2 aromatic carbocycles. The second-order valence-corrected chi connectivity index (χ2v) is 4.11. The zero-order valence-electron chi connectivity index (χ0n) is 10.0. The van der Waals surface area contributed by atoms with E-state index in [1.807, 2.05) is 36.4 Å². The van der Waals surface area contributed by atoms with Crippen LogP contribution in [0.15, 0.2) is 72.6 Å². The summed E-state index contributed by atoms with van der Waals surface area (Å²) in [5, 5.41) is 5.48. The molecule has 0 bridgehead atoms. The van der Waals surface area contributed by atoms with Gasteiger partial charge in [0.2, 0.25) is 0 Å². The molecule has 3 nitrogen and oxygen atoms in total. The van der Waals surface area contributed by atoms with Gasteiger partial charge < -0.3 is 5.32 Å². The number of nitrogens with one attached hydrogen (secondary N) is 2. The van der Waals surface area contributed by atoms with E-state index in [9.17, 15) is 0 Å². The standard InChI is InChI=1S/C15H15N3/c1-3-7-13(8-4-1)17-15-11-12-16-18(15)14-9-5-2-6-10-14/h1-11,16-17H,12H2. The Morgan fingerprint density at radius 1 is 0.889 bits per heavy atom. The molecule has 0 aliphatic carbocycles. The first-order chi connectivity index (χ1) is 8.93. The van der Waals surface area contributed by atoms with Crippen LogP contribution in [0.1, 0.15) is 0 Å². The molecular weight excluding hydrogens is 222 g/mol. The average molecular weight is 237 g/mol. The molecule has 1 aliphatic rings. The van der Waals surface area contributed by atoms with Crippen molar-refractivity contribution in [2.24, 2.45) is 0 Å². The zero-order valence-corrected chi connectivity index (χ0v) is 10.0. The first-order valence-electron chi connectivity index (χ1n) is 6.04. The van der Waals surface area contributed by atoms with Gasteiger partial charge in [0.15, 0.2) is 0 Å². The van der Waals surface area contributed by atoms with Crippen molar-refractivity contribution in [3.8, 4) is 0 Å². The molecule has 1 aliphatic heterocycles. The third-order valence-corrected chi connectivity index (χ3v) is 2.85. The van der Waals surface area contributed by atoms with Crippen LogP contribution in [-0.4, -0.2) is 6.54 Å². The topological polar surface area (TPSA) is 27.3 Å². The maximum absolute atomic E-state index is 3.41. The van der Waals surface area contributed by atoms with Gasteiger partial charge in [0.1, 0.15) is 5.82 Å². The van der Waals surface area contributed by atoms with Gasteiger partial charge in [0.05, 0.1) is 5.69 Å². The molecule has 0 aromatic heterocycles. The second kappa shape index (κ2) is 4.94. The smallest absolute Gasteiger partial charge is 0.122 e. The Morgan fingerprint density at radius 3 is 2.28 bits per heavy atom. The fourth-order valence-corrected chi connectivity index (χ4v) is 1.99. The molecule has 2 N–H and O–H groups in total. The quantitative estimate of drug-likeness (QED) is 0.859. The van der Waals surface area contributed by atoms with E-state index in [1.165, 1.54) is 0 Å². The molecule has 0 fully saturated rings. The minimum atomic E-state index is 0.837. The average Bonchev–Trinajstić information content (AvgIpc) is 2.89. The summed E-state index contributed by atoms with van der Waals surface area (Å²) < 4.78 is 0. The monoisotopic (exact) mass is 237 g/mol. The van der Waals surface area contributed by atoms with Crippen molar-refractivity contribution in [2.75, 3.05) is 16.9 Å². The first kappa shape index (κ1) is 10.9. The molecule has 18 heavy (non-hydrogen) atoms. The van der Waals surface area contributed by atoms with Crippen LogP contribution >= 0.6 is 0 Å². The van der Waals surface area contributed by atoms with E-state index in [1.54, 1.807) is 0 Å². The third-order valence-electron chi connectivity index (χ3n) is 2.85. The van der Waals surface area contributed by atoms with Gasteiger partial charge >= 0.3 is 0 Å². The summed E-state index contributed by atoms with van der Waals surface area (Å²) in [6.45, 7) is 0.837. The molecule has 3 heteroatoms. The summed E-state index contributed by atoms with van der Waals surface area (Å²) in [5.41, 5.74) is 5.54. The number of hydrogen-bond donors (Lipinski definition) is 2. The van der Waals surface area contributed by atoms with E-state index in [0.717, 1.165) is 23.7 Å². The Bertz CT molecular complexity index is 534. The Hall–Kier alpha value is -2.26. The fourth-order valence-electron chi connectivity index (χ4n) is 1.99. The van der Waals surface area contributed by atoms with E-state index in [0.29, 0.717) is 0 Å².